The van der Waals surface area contributed by atoms with Crippen molar-refractivity contribution in [3.05, 3.63) is 63.2 Å². The average molecular weight is 409 g/mol. The highest BCUT2D eigenvalue weighted by Gasteiger charge is 2.13. The van der Waals surface area contributed by atoms with Crippen molar-refractivity contribution in [1.82, 2.24) is 4.72 Å². The summed E-state index contributed by atoms with van der Waals surface area (Å²) in [6.07, 6.45) is 0. The summed E-state index contributed by atoms with van der Waals surface area (Å²) in [5, 5.41) is 0. The molecular weight excluding hydrogens is 399 g/mol. The Labute approximate surface area is 129 Å². The van der Waals surface area contributed by atoms with Crippen LogP contribution >= 0.6 is 22.6 Å². The van der Waals surface area contributed by atoms with E-state index in [1.165, 1.54) is 12.1 Å². The highest BCUT2D eigenvalue weighted by molar-refractivity contribution is 14.1. The molecule has 7 heteroatoms. The Morgan fingerprint density at radius 3 is 2.10 bits per heavy atom. The maximum absolute atomic E-state index is 13.0. The SMILES string of the molecule is O=S(=O)(NCc1cc(F)cc(F)c1)c1ccc(I)cc1. The van der Waals surface area contributed by atoms with E-state index in [9.17, 15) is 17.2 Å². The summed E-state index contributed by atoms with van der Waals surface area (Å²) in [4.78, 5) is 0.106. The molecule has 0 aliphatic heterocycles. The summed E-state index contributed by atoms with van der Waals surface area (Å²) in [6, 6.07) is 9.16. The second kappa shape index (κ2) is 6.15. The standard InChI is InChI=1S/C13H10F2INO2S/c14-10-5-9(6-11(15)7-10)8-17-20(18,19)13-3-1-12(16)2-4-13/h1-7,17H,8H2. The van der Waals surface area contributed by atoms with Crippen molar-refractivity contribution < 1.29 is 17.2 Å². The van der Waals surface area contributed by atoms with Crippen LogP contribution in [0.15, 0.2) is 47.4 Å². The van der Waals surface area contributed by atoms with Crippen LogP contribution in [-0.4, -0.2) is 8.42 Å². The van der Waals surface area contributed by atoms with Gasteiger partial charge < -0.3 is 0 Å². The van der Waals surface area contributed by atoms with E-state index < -0.39 is 21.7 Å². The van der Waals surface area contributed by atoms with Crippen LogP contribution in [0, 0.1) is 15.2 Å². The van der Waals surface area contributed by atoms with Crippen LogP contribution in [0.4, 0.5) is 8.78 Å². The maximum Gasteiger partial charge on any atom is 0.240 e. The lowest BCUT2D eigenvalue weighted by molar-refractivity contribution is 0.571. The van der Waals surface area contributed by atoms with Crippen molar-refractivity contribution in [2.45, 2.75) is 11.4 Å². The Balaban J connectivity index is 2.15. The van der Waals surface area contributed by atoms with Gasteiger partial charge in [0.25, 0.3) is 0 Å². The van der Waals surface area contributed by atoms with Gasteiger partial charge in [-0.25, -0.2) is 21.9 Å². The van der Waals surface area contributed by atoms with E-state index in [2.05, 4.69) is 27.3 Å². The van der Waals surface area contributed by atoms with Crippen LogP contribution in [0.25, 0.3) is 0 Å². The number of hydrogen-bond donors (Lipinski definition) is 1. The predicted octanol–water partition coefficient (Wildman–Crippen LogP) is 3.05. The number of hydrogen-bond acceptors (Lipinski definition) is 2. The molecular formula is C13H10F2INO2S. The van der Waals surface area contributed by atoms with Crippen LogP contribution in [-0.2, 0) is 16.6 Å². The minimum Gasteiger partial charge on any atom is -0.207 e. The molecule has 2 aromatic rings. The zero-order valence-electron chi connectivity index (χ0n) is 10.1. The lowest BCUT2D eigenvalue weighted by atomic mass is 10.2. The molecule has 0 aromatic heterocycles. The molecule has 1 N–H and O–H groups in total. The Kier molecular flexibility index (Phi) is 4.71. The summed E-state index contributed by atoms with van der Waals surface area (Å²) in [5.41, 5.74) is 0.219. The normalized spacial score (nSPS) is 11.6. The lowest BCUT2D eigenvalue weighted by Gasteiger charge is -2.07. The molecule has 0 spiro atoms. The lowest BCUT2D eigenvalue weighted by Crippen LogP contribution is -2.23. The number of nitrogens with one attached hydrogen (secondary N) is 1. The average Bonchev–Trinajstić information content (AvgIpc) is 2.36. The first-order valence-electron chi connectivity index (χ1n) is 5.57. The molecule has 0 fully saturated rings. The van der Waals surface area contributed by atoms with Crippen molar-refractivity contribution in [2.24, 2.45) is 0 Å². The van der Waals surface area contributed by atoms with Gasteiger partial charge in [0, 0.05) is 16.2 Å². The zero-order chi connectivity index (χ0) is 14.8. The second-order valence-electron chi connectivity index (χ2n) is 4.06. The van der Waals surface area contributed by atoms with Gasteiger partial charge in [-0.1, -0.05) is 0 Å². The van der Waals surface area contributed by atoms with E-state index in [0.717, 1.165) is 21.8 Å². The molecule has 0 aliphatic carbocycles. The smallest absolute Gasteiger partial charge is 0.207 e. The molecule has 0 unspecified atom stereocenters. The molecule has 0 saturated carbocycles. The fourth-order valence-corrected chi connectivity index (χ4v) is 2.97. The Morgan fingerprint density at radius 2 is 1.55 bits per heavy atom. The molecule has 0 saturated heterocycles. The topological polar surface area (TPSA) is 46.2 Å². The Morgan fingerprint density at radius 1 is 1.00 bits per heavy atom. The molecule has 2 aromatic carbocycles. The van der Waals surface area contributed by atoms with E-state index in [4.69, 9.17) is 0 Å². The summed E-state index contributed by atoms with van der Waals surface area (Å²) in [5.74, 6) is -1.48. The van der Waals surface area contributed by atoms with Crippen LogP contribution in [0.3, 0.4) is 0 Å². The third-order valence-electron chi connectivity index (χ3n) is 2.51. The molecule has 0 radical (unpaired) electrons. The first-order chi connectivity index (χ1) is 9.37. The number of benzene rings is 2. The second-order valence-corrected chi connectivity index (χ2v) is 7.07. The van der Waals surface area contributed by atoms with E-state index >= 15 is 0 Å². The zero-order valence-corrected chi connectivity index (χ0v) is 13.1. The summed E-state index contributed by atoms with van der Waals surface area (Å²) >= 11 is 2.06. The van der Waals surface area contributed by atoms with Gasteiger partial charge in [-0.15, -0.1) is 0 Å². The van der Waals surface area contributed by atoms with Crippen LogP contribution in [0.5, 0.6) is 0 Å². The Bertz CT molecular complexity index is 697. The summed E-state index contributed by atoms with van der Waals surface area (Å²) < 4.78 is 53.2. The maximum atomic E-state index is 13.0. The largest absolute Gasteiger partial charge is 0.240 e. The highest BCUT2D eigenvalue weighted by atomic mass is 127. The molecule has 0 heterocycles. The third kappa shape index (κ3) is 3.97. The van der Waals surface area contributed by atoms with Crippen molar-refractivity contribution in [2.75, 3.05) is 0 Å². The van der Waals surface area contributed by atoms with Crippen molar-refractivity contribution in [3.8, 4) is 0 Å². The Hall–Kier alpha value is -1.06. The van der Waals surface area contributed by atoms with Gasteiger partial charge in [0.05, 0.1) is 4.90 Å². The van der Waals surface area contributed by atoms with Crippen molar-refractivity contribution >= 4 is 32.6 Å². The number of sulfonamides is 1. The van der Waals surface area contributed by atoms with E-state index in [1.54, 1.807) is 12.1 Å². The molecule has 2 rings (SSSR count). The third-order valence-corrected chi connectivity index (χ3v) is 4.65. The van der Waals surface area contributed by atoms with Crippen LogP contribution in [0.1, 0.15) is 5.56 Å². The molecule has 0 atom stereocenters. The van der Waals surface area contributed by atoms with Gasteiger partial charge >= 0.3 is 0 Å². The van der Waals surface area contributed by atoms with Crippen LogP contribution < -0.4 is 4.72 Å². The first kappa shape index (κ1) is 15.3. The van der Waals surface area contributed by atoms with Crippen LogP contribution in [0.2, 0.25) is 0 Å². The fraction of sp³-hybridized carbons (Fsp3) is 0.0769. The predicted molar refractivity (Wildman–Crippen MR) is 79.5 cm³/mol. The fourth-order valence-electron chi connectivity index (χ4n) is 1.59. The van der Waals surface area contributed by atoms with Crippen molar-refractivity contribution in [1.29, 1.82) is 0 Å². The highest BCUT2D eigenvalue weighted by Crippen LogP contribution is 2.13. The molecule has 0 bridgehead atoms. The van der Waals surface area contributed by atoms with E-state index in [0.29, 0.717) is 0 Å². The monoisotopic (exact) mass is 409 g/mol. The van der Waals surface area contributed by atoms with E-state index in [-0.39, 0.29) is 17.0 Å². The molecule has 3 nitrogen and oxygen atoms in total. The van der Waals surface area contributed by atoms with Gasteiger partial charge in [-0.3, -0.25) is 0 Å². The van der Waals surface area contributed by atoms with Gasteiger partial charge in [0.15, 0.2) is 0 Å². The quantitative estimate of drug-likeness (QED) is 0.790. The van der Waals surface area contributed by atoms with E-state index in [1.807, 2.05) is 0 Å². The molecule has 0 amide bonds. The first-order valence-corrected chi connectivity index (χ1v) is 8.13. The number of halogens is 3. The summed E-state index contributed by atoms with van der Waals surface area (Å²) in [7, 11) is -3.70. The minimum absolute atomic E-state index is 0.106. The molecule has 20 heavy (non-hydrogen) atoms. The van der Waals surface area contributed by atoms with Gasteiger partial charge in [0.1, 0.15) is 11.6 Å². The van der Waals surface area contributed by atoms with Gasteiger partial charge in [-0.2, -0.15) is 0 Å². The molecule has 106 valence electrons. The molecule has 0 aliphatic rings. The van der Waals surface area contributed by atoms with Gasteiger partial charge in [0.2, 0.25) is 10.0 Å². The summed E-state index contributed by atoms with van der Waals surface area (Å²) in [6.45, 7) is -0.178. The van der Waals surface area contributed by atoms with Crippen molar-refractivity contribution in [3.63, 3.8) is 0 Å². The minimum atomic E-state index is -3.70. The van der Waals surface area contributed by atoms with Gasteiger partial charge in [-0.05, 0) is 64.6 Å². The number of rotatable bonds is 4.